The topological polar surface area (TPSA) is 93.4 Å². The van der Waals surface area contributed by atoms with Crippen LogP contribution in [-0.2, 0) is 20.1 Å². The highest BCUT2D eigenvalue weighted by Crippen LogP contribution is 2.18. The van der Waals surface area contributed by atoms with E-state index in [0.717, 1.165) is 17.5 Å². The first-order valence-corrected chi connectivity index (χ1v) is 8.93. The smallest absolute Gasteiger partial charge is 0.280 e. The van der Waals surface area contributed by atoms with Crippen molar-refractivity contribution in [2.45, 2.75) is 26.4 Å². The predicted octanol–water partition coefficient (Wildman–Crippen LogP) is 2.54. The zero-order valence-electron chi connectivity index (χ0n) is 15.3. The molecule has 0 spiro atoms. The number of nitrogens with zero attached hydrogens (tertiary/aromatic N) is 5. The molecule has 0 saturated carbocycles. The molecule has 3 heterocycles. The zero-order valence-corrected chi connectivity index (χ0v) is 15.3. The van der Waals surface area contributed by atoms with E-state index in [1.807, 2.05) is 50.5 Å². The summed E-state index contributed by atoms with van der Waals surface area (Å²) in [5.74, 6) is 1.12. The number of aryl methyl sites for hydroxylation is 1. The number of anilines is 1. The van der Waals surface area contributed by atoms with Crippen LogP contribution in [0.5, 0.6) is 0 Å². The number of benzene rings is 1. The molecule has 0 aliphatic heterocycles. The molecule has 0 aliphatic rings. The summed E-state index contributed by atoms with van der Waals surface area (Å²) in [6.07, 6.45) is 4.38. The molecule has 0 aliphatic carbocycles. The van der Waals surface area contributed by atoms with Gasteiger partial charge in [0.2, 0.25) is 5.95 Å². The second-order valence-electron chi connectivity index (χ2n) is 6.42. The van der Waals surface area contributed by atoms with Crippen LogP contribution in [0.15, 0.2) is 47.5 Å². The first kappa shape index (κ1) is 17.0. The summed E-state index contributed by atoms with van der Waals surface area (Å²) in [5, 5.41) is 7.44. The lowest BCUT2D eigenvalue weighted by atomic mass is 10.2. The molecule has 0 unspecified atom stereocenters. The van der Waals surface area contributed by atoms with E-state index in [-0.39, 0.29) is 5.56 Å². The van der Waals surface area contributed by atoms with Gasteiger partial charge in [0.1, 0.15) is 5.82 Å². The van der Waals surface area contributed by atoms with Crippen LogP contribution in [0, 0.1) is 0 Å². The van der Waals surface area contributed by atoms with Crippen LogP contribution in [0.2, 0.25) is 0 Å². The Morgan fingerprint density at radius 3 is 2.70 bits per heavy atom. The molecule has 4 rings (SSSR count). The van der Waals surface area contributed by atoms with Gasteiger partial charge in [-0.2, -0.15) is 10.1 Å². The van der Waals surface area contributed by atoms with E-state index < -0.39 is 0 Å². The number of H-pyrrole nitrogens is 1. The lowest BCUT2D eigenvalue weighted by Gasteiger charge is -2.12. The monoisotopic (exact) mass is 363 g/mol. The lowest BCUT2D eigenvalue weighted by molar-refractivity contribution is 0.652. The van der Waals surface area contributed by atoms with E-state index in [2.05, 4.69) is 25.4 Å². The van der Waals surface area contributed by atoms with Gasteiger partial charge >= 0.3 is 0 Å². The van der Waals surface area contributed by atoms with E-state index in [4.69, 9.17) is 0 Å². The Kier molecular flexibility index (Phi) is 4.45. The van der Waals surface area contributed by atoms with E-state index in [9.17, 15) is 4.79 Å². The fraction of sp³-hybridized carbons (Fsp3) is 0.263. The summed E-state index contributed by atoms with van der Waals surface area (Å²) >= 11 is 0. The van der Waals surface area contributed by atoms with Gasteiger partial charge in [-0.3, -0.25) is 14.0 Å². The van der Waals surface area contributed by atoms with E-state index in [0.29, 0.717) is 36.0 Å². The zero-order chi connectivity index (χ0) is 18.8. The summed E-state index contributed by atoms with van der Waals surface area (Å²) in [6, 6.07) is 10.0. The first-order chi connectivity index (χ1) is 13.2. The molecule has 0 amide bonds. The summed E-state index contributed by atoms with van der Waals surface area (Å²) in [5.41, 5.74) is 2.62. The number of aromatic amines is 1. The van der Waals surface area contributed by atoms with E-state index >= 15 is 0 Å². The van der Waals surface area contributed by atoms with Crippen LogP contribution < -0.4 is 10.9 Å². The van der Waals surface area contributed by atoms with Crippen molar-refractivity contribution in [2.75, 3.05) is 5.32 Å². The van der Waals surface area contributed by atoms with Crippen LogP contribution in [0.1, 0.15) is 18.9 Å². The molecule has 0 saturated heterocycles. The highest BCUT2D eigenvalue weighted by molar-refractivity contribution is 5.75. The summed E-state index contributed by atoms with van der Waals surface area (Å²) < 4.78 is 3.36. The summed E-state index contributed by atoms with van der Waals surface area (Å²) in [4.78, 5) is 25.2. The van der Waals surface area contributed by atoms with Crippen LogP contribution in [0.3, 0.4) is 0 Å². The van der Waals surface area contributed by atoms with Gasteiger partial charge < -0.3 is 10.3 Å². The maximum absolute atomic E-state index is 13.0. The van der Waals surface area contributed by atoms with Crippen LogP contribution in [0.4, 0.5) is 5.95 Å². The Labute approximate surface area is 155 Å². The summed E-state index contributed by atoms with van der Waals surface area (Å²) in [7, 11) is 1.84. The third kappa shape index (κ3) is 3.33. The Morgan fingerprint density at radius 2 is 2.00 bits per heavy atom. The SMILES string of the molecule is CCCn1c(NCc2ccccc2)nc2nc(-c3cnn(C)c3)[nH]c2c1=O. The minimum absolute atomic E-state index is 0.125. The van der Waals surface area contributed by atoms with Crippen molar-refractivity contribution < 1.29 is 0 Å². The second-order valence-corrected chi connectivity index (χ2v) is 6.42. The maximum Gasteiger partial charge on any atom is 0.280 e. The Morgan fingerprint density at radius 1 is 1.19 bits per heavy atom. The molecule has 138 valence electrons. The molecule has 8 nitrogen and oxygen atoms in total. The predicted molar refractivity (Wildman–Crippen MR) is 104 cm³/mol. The van der Waals surface area contributed by atoms with Gasteiger partial charge in [0.15, 0.2) is 11.2 Å². The summed E-state index contributed by atoms with van der Waals surface area (Å²) in [6.45, 7) is 3.20. The molecule has 0 bridgehead atoms. The number of hydrogen-bond acceptors (Lipinski definition) is 5. The number of aromatic nitrogens is 6. The van der Waals surface area contributed by atoms with Crippen molar-refractivity contribution in [3.05, 3.63) is 58.6 Å². The third-order valence-corrected chi connectivity index (χ3v) is 4.33. The van der Waals surface area contributed by atoms with Crippen LogP contribution >= 0.6 is 0 Å². The van der Waals surface area contributed by atoms with Gasteiger partial charge in [-0.1, -0.05) is 37.3 Å². The molecule has 2 N–H and O–H groups in total. The number of fused-ring (bicyclic) bond motifs is 1. The standard InChI is InChI=1S/C19H21N7O/c1-3-9-26-18(27)15-17(23-16(22-15)14-11-21-25(2)12-14)24-19(26)20-10-13-7-5-4-6-8-13/h4-8,11-12H,3,9-10H2,1-2H3,(H,20,24)(H,22,23). The second kappa shape index (κ2) is 7.06. The third-order valence-electron chi connectivity index (χ3n) is 4.33. The number of nitrogens with one attached hydrogen (secondary N) is 2. The van der Waals surface area contributed by atoms with Crippen molar-refractivity contribution in [3.8, 4) is 11.4 Å². The van der Waals surface area contributed by atoms with Crippen molar-refractivity contribution in [2.24, 2.45) is 7.05 Å². The van der Waals surface area contributed by atoms with Crippen molar-refractivity contribution >= 4 is 17.1 Å². The molecule has 0 fully saturated rings. The quantitative estimate of drug-likeness (QED) is 0.549. The number of rotatable bonds is 6. The highest BCUT2D eigenvalue weighted by Gasteiger charge is 2.16. The fourth-order valence-electron chi connectivity index (χ4n) is 3.01. The molecule has 4 aromatic rings. The van der Waals surface area contributed by atoms with Gasteiger partial charge in [-0.15, -0.1) is 0 Å². The largest absolute Gasteiger partial charge is 0.351 e. The molecule has 8 heteroatoms. The van der Waals surface area contributed by atoms with Crippen molar-refractivity contribution in [1.29, 1.82) is 0 Å². The van der Waals surface area contributed by atoms with Gasteiger partial charge in [-0.25, -0.2) is 4.98 Å². The average Bonchev–Trinajstić information content (AvgIpc) is 3.30. The fourth-order valence-corrected chi connectivity index (χ4v) is 3.01. The van der Waals surface area contributed by atoms with Gasteiger partial charge in [0.25, 0.3) is 5.56 Å². The van der Waals surface area contributed by atoms with Crippen molar-refractivity contribution in [1.82, 2.24) is 29.3 Å². The number of imidazole rings is 1. The van der Waals surface area contributed by atoms with Gasteiger partial charge in [-0.05, 0) is 12.0 Å². The van der Waals surface area contributed by atoms with Crippen LogP contribution in [0.25, 0.3) is 22.6 Å². The Balaban J connectivity index is 1.75. The first-order valence-electron chi connectivity index (χ1n) is 8.93. The van der Waals surface area contributed by atoms with E-state index in [1.54, 1.807) is 15.4 Å². The number of hydrogen-bond donors (Lipinski definition) is 2. The van der Waals surface area contributed by atoms with Gasteiger partial charge in [0.05, 0.1) is 11.8 Å². The minimum atomic E-state index is -0.125. The average molecular weight is 363 g/mol. The maximum atomic E-state index is 13.0. The van der Waals surface area contributed by atoms with Crippen LogP contribution in [-0.4, -0.2) is 29.3 Å². The molecular formula is C19H21N7O. The highest BCUT2D eigenvalue weighted by atomic mass is 16.1. The molecular weight excluding hydrogens is 342 g/mol. The molecule has 3 aromatic heterocycles. The molecule has 0 radical (unpaired) electrons. The Hall–Kier alpha value is -3.42. The molecule has 0 atom stereocenters. The molecule has 1 aromatic carbocycles. The Bertz CT molecular complexity index is 1120. The molecule has 27 heavy (non-hydrogen) atoms. The minimum Gasteiger partial charge on any atom is -0.351 e. The van der Waals surface area contributed by atoms with Gasteiger partial charge in [0, 0.05) is 26.3 Å². The lowest BCUT2D eigenvalue weighted by Crippen LogP contribution is -2.25. The van der Waals surface area contributed by atoms with Crippen molar-refractivity contribution in [3.63, 3.8) is 0 Å². The normalized spacial score (nSPS) is 11.2. The van der Waals surface area contributed by atoms with E-state index in [1.165, 1.54) is 0 Å².